The number of hydrogen-bond acceptors (Lipinski definition) is 5. The highest BCUT2D eigenvalue weighted by Gasteiger charge is 2.45. The molecule has 0 amide bonds. The van der Waals surface area contributed by atoms with E-state index in [1.807, 2.05) is 0 Å². The molecule has 5 heteroatoms. The zero-order valence-corrected chi connectivity index (χ0v) is 9.93. The summed E-state index contributed by atoms with van der Waals surface area (Å²) in [5.41, 5.74) is -2.13. The van der Waals surface area contributed by atoms with Crippen LogP contribution in [0.25, 0.3) is 0 Å². The number of aliphatic hydroxyl groups is 3. The molecular weight excluding hydrogens is 212 g/mol. The molecule has 0 aromatic rings. The maximum Gasteiger partial charge on any atom is 0.309 e. The second-order valence-electron chi connectivity index (χ2n) is 5.21. The summed E-state index contributed by atoms with van der Waals surface area (Å²) in [6.07, 6.45) is -1.16. The normalized spacial score (nSPS) is 32.6. The van der Waals surface area contributed by atoms with E-state index in [0.29, 0.717) is 6.42 Å². The lowest BCUT2D eigenvalue weighted by atomic mass is 9.88. The standard InChI is InChI=1S/C11H20O5/c1-10(2,15)7(12)4-5-11(3)8(13)6-9(14)16-11/h7-8,12-13,15H,4-6H2,1-3H3/t7-,8-,11-/m1/s1. The molecule has 0 saturated carbocycles. The van der Waals surface area contributed by atoms with Crippen molar-refractivity contribution in [2.24, 2.45) is 0 Å². The first-order valence-electron chi connectivity index (χ1n) is 5.45. The van der Waals surface area contributed by atoms with Gasteiger partial charge in [-0.2, -0.15) is 0 Å². The maximum atomic E-state index is 11.0. The molecule has 1 aliphatic rings. The van der Waals surface area contributed by atoms with Crippen molar-refractivity contribution in [1.82, 2.24) is 0 Å². The van der Waals surface area contributed by atoms with E-state index in [-0.39, 0.29) is 12.8 Å². The van der Waals surface area contributed by atoms with Crippen LogP contribution in [0, 0.1) is 0 Å². The quantitative estimate of drug-likeness (QED) is 0.592. The Labute approximate surface area is 95.0 Å². The number of ether oxygens (including phenoxy) is 1. The van der Waals surface area contributed by atoms with Crippen LogP contribution in [-0.2, 0) is 9.53 Å². The number of cyclic esters (lactones) is 1. The van der Waals surface area contributed by atoms with Crippen LogP contribution in [0.3, 0.4) is 0 Å². The van der Waals surface area contributed by atoms with Gasteiger partial charge in [0.25, 0.3) is 0 Å². The predicted octanol–water partition coefficient (Wildman–Crippen LogP) is -0.0351. The zero-order chi connectivity index (χ0) is 12.6. The fourth-order valence-electron chi connectivity index (χ4n) is 1.74. The minimum Gasteiger partial charge on any atom is -0.457 e. The Balaban J connectivity index is 2.52. The average molecular weight is 232 g/mol. The van der Waals surface area contributed by atoms with Crippen molar-refractivity contribution in [3.8, 4) is 0 Å². The van der Waals surface area contributed by atoms with Gasteiger partial charge in [-0.15, -0.1) is 0 Å². The average Bonchev–Trinajstić information content (AvgIpc) is 2.35. The highest BCUT2D eigenvalue weighted by Crippen LogP contribution is 2.32. The lowest BCUT2D eigenvalue weighted by Gasteiger charge is -2.30. The largest absolute Gasteiger partial charge is 0.457 e. The van der Waals surface area contributed by atoms with E-state index in [1.165, 1.54) is 13.8 Å². The Morgan fingerprint density at radius 3 is 2.56 bits per heavy atom. The van der Waals surface area contributed by atoms with Crippen molar-refractivity contribution in [3.63, 3.8) is 0 Å². The van der Waals surface area contributed by atoms with Crippen LogP contribution < -0.4 is 0 Å². The van der Waals surface area contributed by atoms with Gasteiger partial charge < -0.3 is 20.1 Å². The fraction of sp³-hybridized carbons (Fsp3) is 0.909. The summed E-state index contributed by atoms with van der Waals surface area (Å²) in [6, 6.07) is 0. The second kappa shape index (κ2) is 4.31. The van der Waals surface area contributed by atoms with Crippen LogP contribution in [0.1, 0.15) is 40.0 Å². The molecule has 0 unspecified atom stereocenters. The summed E-state index contributed by atoms with van der Waals surface area (Å²) in [7, 11) is 0. The van der Waals surface area contributed by atoms with E-state index in [2.05, 4.69) is 0 Å². The molecule has 0 bridgehead atoms. The van der Waals surface area contributed by atoms with Crippen LogP contribution in [0.4, 0.5) is 0 Å². The highest BCUT2D eigenvalue weighted by atomic mass is 16.6. The van der Waals surface area contributed by atoms with Gasteiger partial charge in [-0.3, -0.25) is 4.79 Å². The summed E-state index contributed by atoms with van der Waals surface area (Å²) < 4.78 is 5.04. The SMILES string of the molecule is CC(C)(O)[C@H](O)CC[C@@]1(C)OC(=O)C[C@H]1O. The van der Waals surface area contributed by atoms with Crippen LogP contribution in [0.2, 0.25) is 0 Å². The van der Waals surface area contributed by atoms with E-state index >= 15 is 0 Å². The number of esters is 1. The third-order valence-corrected chi connectivity index (χ3v) is 3.14. The smallest absolute Gasteiger partial charge is 0.309 e. The first kappa shape index (κ1) is 13.4. The third-order valence-electron chi connectivity index (χ3n) is 3.14. The zero-order valence-electron chi connectivity index (χ0n) is 9.93. The molecular formula is C11H20O5. The summed E-state index contributed by atoms with van der Waals surface area (Å²) in [5.74, 6) is -0.423. The van der Waals surface area contributed by atoms with Gasteiger partial charge in [0.15, 0.2) is 0 Å². The Bertz CT molecular complexity index is 270. The third kappa shape index (κ3) is 2.93. The van der Waals surface area contributed by atoms with Crippen LogP contribution in [0.5, 0.6) is 0 Å². The van der Waals surface area contributed by atoms with Gasteiger partial charge in [0.1, 0.15) is 11.7 Å². The van der Waals surface area contributed by atoms with Gasteiger partial charge in [-0.1, -0.05) is 0 Å². The Morgan fingerprint density at radius 2 is 2.19 bits per heavy atom. The highest BCUT2D eigenvalue weighted by molar-refractivity contribution is 5.73. The first-order chi connectivity index (χ1) is 7.15. The minimum atomic E-state index is -1.19. The lowest BCUT2D eigenvalue weighted by molar-refractivity contribution is -0.151. The topological polar surface area (TPSA) is 87.0 Å². The molecule has 1 rings (SSSR count). The van der Waals surface area contributed by atoms with E-state index < -0.39 is 29.4 Å². The number of carbonyl (C=O) groups is 1. The molecule has 0 radical (unpaired) electrons. The molecule has 1 heterocycles. The van der Waals surface area contributed by atoms with Crippen LogP contribution in [-0.4, -0.2) is 44.7 Å². The minimum absolute atomic E-state index is 0.00485. The molecule has 3 atom stereocenters. The molecule has 0 spiro atoms. The van der Waals surface area contributed by atoms with E-state index in [4.69, 9.17) is 4.74 Å². The molecule has 1 aliphatic heterocycles. The van der Waals surface area contributed by atoms with Crippen molar-refractivity contribution in [2.75, 3.05) is 0 Å². The van der Waals surface area contributed by atoms with Gasteiger partial charge in [0.05, 0.1) is 18.1 Å². The van der Waals surface area contributed by atoms with Crippen molar-refractivity contribution in [3.05, 3.63) is 0 Å². The maximum absolute atomic E-state index is 11.0. The molecule has 5 nitrogen and oxygen atoms in total. The second-order valence-corrected chi connectivity index (χ2v) is 5.21. The number of aliphatic hydroxyl groups excluding tert-OH is 2. The van der Waals surface area contributed by atoms with Crippen LogP contribution in [0.15, 0.2) is 0 Å². The van der Waals surface area contributed by atoms with Gasteiger partial charge >= 0.3 is 5.97 Å². The summed E-state index contributed by atoms with van der Waals surface area (Å²) in [6.45, 7) is 4.66. The molecule has 0 aliphatic carbocycles. The number of hydrogen-bond donors (Lipinski definition) is 3. The predicted molar refractivity (Wildman–Crippen MR) is 56.7 cm³/mol. The Kier molecular flexibility index (Phi) is 3.62. The van der Waals surface area contributed by atoms with Gasteiger partial charge in [-0.05, 0) is 33.6 Å². The fourth-order valence-corrected chi connectivity index (χ4v) is 1.74. The van der Waals surface area contributed by atoms with Crippen molar-refractivity contribution in [2.45, 2.75) is 63.4 Å². The Hall–Kier alpha value is -0.650. The first-order valence-corrected chi connectivity index (χ1v) is 5.45. The summed E-state index contributed by atoms with van der Waals surface area (Å²) >= 11 is 0. The van der Waals surface area contributed by atoms with Gasteiger partial charge in [0, 0.05) is 0 Å². The lowest BCUT2D eigenvalue weighted by Crippen LogP contribution is -2.41. The monoisotopic (exact) mass is 232 g/mol. The van der Waals surface area contributed by atoms with Crippen molar-refractivity contribution < 1.29 is 24.9 Å². The van der Waals surface area contributed by atoms with E-state index in [0.717, 1.165) is 0 Å². The van der Waals surface area contributed by atoms with Gasteiger partial charge in [0.2, 0.25) is 0 Å². The summed E-state index contributed by atoms with van der Waals surface area (Å²) in [5, 5.41) is 28.8. The molecule has 1 saturated heterocycles. The van der Waals surface area contributed by atoms with Gasteiger partial charge in [-0.25, -0.2) is 0 Å². The van der Waals surface area contributed by atoms with Crippen LogP contribution >= 0.6 is 0 Å². The molecule has 0 aromatic heterocycles. The van der Waals surface area contributed by atoms with Crippen molar-refractivity contribution in [1.29, 1.82) is 0 Å². The molecule has 3 N–H and O–H groups in total. The molecule has 94 valence electrons. The summed E-state index contributed by atoms with van der Waals surface area (Å²) in [4.78, 5) is 11.0. The number of carbonyl (C=O) groups excluding carboxylic acids is 1. The van der Waals surface area contributed by atoms with Crippen molar-refractivity contribution >= 4 is 5.97 Å². The molecule has 0 aromatic carbocycles. The van der Waals surface area contributed by atoms with E-state index in [9.17, 15) is 20.1 Å². The Morgan fingerprint density at radius 1 is 1.62 bits per heavy atom. The molecule has 1 fully saturated rings. The van der Waals surface area contributed by atoms with E-state index in [1.54, 1.807) is 6.92 Å². The molecule has 16 heavy (non-hydrogen) atoms. The number of rotatable bonds is 4.